The van der Waals surface area contributed by atoms with Gasteiger partial charge in [-0.15, -0.1) is 0 Å². The third-order valence-electron chi connectivity index (χ3n) is 1.95. The minimum Gasteiger partial charge on any atom is -0.487 e. The molecule has 1 aromatic carbocycles. The van der Waals surface area contributed by atoms with Gasteiger partial charge in [0.1, 0.15) is 0 Å². The zero-order valence-corrected chi connectivity index (χ0v) is 9.93. The molecule has 0 bridgehead atoms. The van der Waals surface area contributed by atoms with E-state index in [4.69, 9.17) is 9.57 Å². The second-order valence-electron chi connectivity index (χ2n) is 3.32. The second kappa shape index (κ2) is 6.70. The van der Waals surface area contributed by atoms with Crippen molar-refractivity contribution in [2.24, 2.45) is 0 Å². The molecule has 0 aliphatic heterocycles. The third-order valence-corrected chi connectivity index (χ3v) is 1.95. The lowest BCUT2D eigenvalue weighted by molar-refractivity contribution is -0.385. The fraction of sp³-hybridized carbons (Fsp3) is 0.455. The van der Waals surface area contributed by atoms with Crippen molar-refractivity contribution in [3.8, 4) is 5.75 Å². The van der Waals surface area contributed by atoms with E-state index in [0.717, 1.165) is 6.42 Å². The maximum atomic E-state index is 10.8. The molecule has 0 amide bonds. The molecule has 1 aromatic rings. The van der Waals surface area contributed by atoms with Gasteiger partial charge < -0.3 is 4.74 Å². The topological polar surface area (TPSA) is 73.6 Å². The molecular formula is C11H16N2O4. The van der Waals surface area contributed by atoms with Crippen molar-refractivity contribution >= 4 is 11.4 Å². The number of nitro benzene ring substituents is 1. The van der Waals surface area contributed by atoms with Gasteiger partial charge in [0.25, 0.3) is 0 Å². The summed E-state index contributed by atoms with van der Waals surface area (Å²) < 4.78 is 5.33. The van der Waals surface area contributed by atoms with Crippen LogP contribution in [0.1, 0.15) is 20.3 Å². The van der Waals surface area contributed by atoms with E-state index >= 15 is 0 Å². The summed E-state index contributed by atoms with van der Waals surface area (Å²) in [4.78, 5) is 15.3. The highest BCUT2D eigenvalue weighted by molar-refractivity contribution is 5.57. The zero-order chi connectivity index (χ0) is 12.7. The van der Waals surface area contributed by atoms with Gasteiger partial charge in [-0.05, 0) is 19.4 Å². The Balaban J connectivity index is 2.88. The zero-order valence-electron chi connectivity index (χ0n) is 9.93. The predicted molar refractivity (Wildman–Crippen MR) is 64.1 cm³/mol. The molecule has 1 rings (SSSR count). The molecule has 6 nitrogen and oxygen atoms in total. The summed E-state index contributed by atoms with van der Waals surface area (Å²) in [6.45, 7) is 4.72. The first-order valence-electron chi connectivity index (χ1n) is 5.48. The molecule has 17 heavy (non-hydrogen) atoms. The van der Waals surface area contributed by atoms with E-state index < -0.39 is 4.92 Å². The van der Waals surface area contributed by atoms with Gasteiger partial charge in [0.05, 0.1) is 23.8 Å². The van der Waals surface area contributed by atoms with Crippen molar-refractivity contribution in [3.05, 3.63) is 28.3 Å². The molecule has 0 aromatic heterocycles. The van der Waals surface area contributed by atoms with E-state index in [2.05, 4.69) is 5.48 Å². The van der Waals surface area contributed by atoms with Gasteiger partial charge in [-0.3, -0.25) is 20.4 Å². The Morgan fingerprint density at radius 1 is 1.41 bits per heavy atom. The van der Waals surface area contributed by atoms with Crippen molar-refractivity contribution in [2.75, 3.05) is 18.7 Å². The highest BCUT2D eigenvalue weighted by Crippen LogP contribution is 2.30. The summed E-state index contributed by atoms with van der Waals surface area (Å²) in [6.07, 6.45) is 0.792. The van der Waals surface area contributed by atoms with Gasteiger partial charge in [0, 0.05) is 12.1 Å². The Morgan fingerprint density at radius 3 is 2.76 bits per heavy atom. The van der Waals surface area contributed by atoms with Gasteiger partial charge in [-0.1, -0.05) is 6.92 Å². The van der Waals surface area contributed by atoms with Crippen LogP contribution in [0.15, 0.2) is 18.2 Å². The van der Waals surface area contributed by atoms with Crippen LogP contribution in [0.2, 0.25) is 0 Å². The summed E-state index contributed by atoms with van der Waals surface area (Å²) in [6, 6.07) is 4.53. The summed E-state index contributed by atoms with van der Waals surface area (Å²) >= 11 is 0. The first-order valence-corrected chi connectivity index (χ1v) is 5.48. The Bertz CT molecular complexity index is 382. The van der Waals surface area contributed by atoms with Gasteiger partial charge >= 0.3 is 5.69 Å². The van der Waals surface area contributed by atoms with Crippen LogP contribution >= 0.6 is 0 Å². The Kier molecular flexibility index (Phi) is 5.22. The predicted octanol–water partition coefficient (Wildman–Crippen LogP) is 2.75. The van der Waals surface area contributed by atoms with Crippen molar-refractivity contribution in [2.45, 2.75) is 20.3 Å². The van der Waals surface area contributed by atoms with Crippen LogP contribution in [0.25, 0.3) is 0 Å². The lowest BCUT2D eigenvalue weighted by Gasteiger charge is -2.09. The monoisotopic (exact) mass is 240 g/mol. The minimum absolute atomic E-state index is 0.0412. The van der Waals surface area contributed by atoms with Crippen LogP contribution < -0.4 is 10.2 Å². The quantitative estimate of drug-likeness (QED) is 0.586. The lowest BCUT2D eigenvalue weighted by atomic mass is 10.2. The van der Waals surface area contributed by atoms with E-state index in [1.807, 2.05) is 13.8 Å². The minimum atomic E-state index is -0.463. The van der Waals surface area contributed by atoms with Crippen LogP contribution in [0, 0.1) is 10.1 Å². The second-order valence-corrected chi connectivity index (χ2v) is 3.32. The summed E-state index contributed by atoms with van der Waals surface area (Å²) in [7, 11) is 0. The van der Waals surface area contributed by atoms with Crippen molar-refractivity contribution in [1.29, 1.82) is 0 Å². The molecule has 0 spiro atoms. The number of hydrogen-bond donors (Lipinski definition) is 1. The van der Waals surface area contributed by atoms with Crippen LogP contribution in [0.3, 0.4) is 0 Å². The fourth-order valence-corrected chi connectivity index (χ4v) is 1.21. The maximum absolute atomic E-state index is 10.8. The van der Waals surface area contributed by atoms with Gasteiger partial charge in [0.2, 0.25) is 0 Å². The largest absolute Gasteiger partial charge is 0.487 e. The average molecular weight is 240 g/mol. The molecule has 0 saturated carbocycles. The number of nitro groups is 1. The average Bonchev–Trinajstić information content (AvgIpc) is 2.33. The number of benzene rings is 1. The molecule has 1 N–H and O–H groups in total. The SMILES string of the molecule is CCCOc1cc(NOCC)ccc1[N+](=O)[O-]. The first-order chi connectivity index (χ1) is 8.19. The van der Waals surface area contributed by atoms with Crippen LogP contribution in [-0.2, 0) is 4.84 Å². The molecule has 94 valence electrons. The van der Waals surface area contributed by atoms with Crippen LogP contribution in [0.5, 0.6) is 5.75 Å². The number of ether oxygens (including phenoxy) is 1. The molecule has 0 unspecified atom stereocenters. The summed E-state index contributed by atoms with van der Waals surface area (Å²) in [5.41, 5.74) is 3.26. The normalized spacial score (nSPS) is 10.0. The number of hydrogen-bond acceptors (Lipinski definition) is 5. The highest BCUT2D eigenvalue weighted by atomic mass is 16.6. The number of nitrogens with zero attached hydrogens (tertiary/aromatic N) is 1. The molecule has 0 aliphatic carbocycles. The Labute approximate surface area is 99.6 Å². The highest BCUT2D eigenvalue weighted by Gasteiger charge is 2.15. The molecule has 6 heteroatoms. The van der Waals surface area contributed by atoms with Gasteiger partial charge in [0.15, 0.2) is 5.75 Å². The standard InChI is InChI=1S/C11H16N2O4/c1-3-7-16-11-8-9(12-17-4-2)5-6-10(11)13(14)15/h5-6,8,12H,3-4,7H2,1-2H3. The molecule has 0 saturated heterocycles. The maximum Gasteiger partial charge on any atom is 0.311 e. The summed E-state index contributed by atoms with van der Waals surface area (Å²) in [5.74, 6) is 0.251. The van der Waals surface area contributed by atoms with Crippen LogP contribution in [-0.4, -0.2) is 18.1 Å². The smallest absolute Gasteiger partial charge is 0.311 e. The van der Waals surface area contributed by atoms with E-state index in [-0.39, 0.29) is 11.4 Å². The first kappa shape index (κ1) is 13.2. The molecular weight excluding hydrogens is 224 g/mol. The number of anilines is 1. The number of rotatable bonds is 7. The van der Waals surface area contributed by atoms with E-state index in [9.17, 15) is 10.1 Å². The lowest BCUT2D eigenvalue weighted by Crippen LogP contribution is -2.03. The van der Waals surface area contributed by atoms with Crippen molar-refractivity contribution < 1.29 is 14.5 Å². The van der Waals surface area contributed by atoms with E-state index in [0.29, 0.717) is 18.9 Å². The Hall–Kier alpha value is -1.82. The van der Waals surface area contributed by atoms with Crippen molar-refractivity contribution in [1.82, 2.24) is 0 Å². The molecule has 0 atom stereocenters. The van der Waals surface area contributed by atoms with Gasteiger partial charge in [-0.25, -0.2) is 0 Å². The Morgan fingerprint density at radius 2 is 2.18 bits per heavy atom. The molecule has 0 aliphatic rings. The van der Waals surface area contributed by atoms with E-state index in [1.165, 1.54) is 6.07 Å². The van der Waals surface area contributed by atoms with Gasteiger partial charge in [-0.2, -0.15) is 0 Å². The third kappa shape index (κ3) is 3.92. The summed E-state index contributed by atoms with van der Waals surface area (Å²) in [5, 5.41) is 10.8. The molecule has 0 fully saturated rings. The van der Waals surface area contributed by atoms with Crippen LogP contribution in [0.4, 0.5) is 11.4 Å². The van der Waals surface area contributed by atoms with E-state index in [1.54, 1.807) is 12.1 Å². The molecule has 0 heterocycles. The fourth-order valence-electron chi connectivity index (χ4n) is 1.21. The molecule has 0 radical (unpaired) electrons. The van der Waals surface area contributed by atoms with Crippen molar-refractivity contribution in [3.63, 3.8) is 0 Å². The number of nitrogens with one attached hydrogen (secondary N) is 1.